The number of piperidine rings is 1. The van der Waals surface area contributed by atoms with Crippen LogP contribution in [0.2, 0.25) is 0 Å². The number of imidazole rings is 1. The van der Waals surface area contributed by atoms with Gasteiger partial charge in [-0.2, -0.15) is 13.2 Å². The molecule has 0 spiro atoms. The van der Waals surface area contributed by atoms with Crippen molar-refractivity contribution in [1.29, 1.82) is 0 Å². The van der Waals surface area contributed by atoms with Gasteiger partial charge < -0.3 is 15.4 Å². The number of likely N-dealkylation sites (tertiary alicyclic amines) is 1. The van der Waals surface area contributed by atoms with E-state index in [0.717, 1.165) is 55.1 Å². The number of aliphatic hydroxyl groups is 1. The third kappa shape index (κ3) is 3.89. The minimum absolute atomic E-state index is 0.149. The molecule has 2 aromatic carbocycles. The molecule has 0 aliphatic carbocycles. The van der Waals surface area contributed by atoms with Crippen LogP contribution in [0.5, 0.6) is 0 Å². The fraction of sp³-hybridized carbons (Fsp3) is 0.409. The monoisotopic (exact) mass is 418 g/mol. The molecule has 1 aromatic heterocycles. The van der Waals surface area contributed by atoms with Crippen molar-refractivity contribution in [3.63, 3.8) is 0 Å². The summed E-state index contributed by atoms with van der Waals surface area (Å²) in [5, 5.41) is 9.80. The largest absolute Gasteiger partial charge is 0.421 e. The zero-order valence-electron chi connectivity index (χ0n) is 16.7. The molecule has 30 heavy (non-hydrogen) atoms. The van der Waals surface area contributed by atoms with Crippen LogP contribution in [0.25, 0.3) is 11.0 Å². The van der Waals surface area contributed by atoms with E-state index in [1.165, 1.54) is 12.1 Å². The zero-order valence-corrected chi connectivity index (χ0v) is 16.7. The van der Waals surface area contributed by atoms with Crippen molar-refractivity contribution in [3.05, 3.63) is 59.9 Å². The Bertz CT molecular complexity index is 1020. The predicted octanol–water partition coefficient (Wildman–Crippen LogP) is 4.23. The second-order valence-electron chi connectivity index (χ2n) is 8.17. The maximum Gasteiger partial charge on any atom is 0.421 e. The van der Waals surface area contributed by atoms with Crippen molar-refractivity contribution in [2.75, 3.05) is 18.8 Å². The van der Waals surface area contributed by atoms with E-state index >= 15 is 0 Å². The average molecular weight is 418 g/mol. The third-order valence-corrected chi connectivity index (χ3v) is 6.02. The number of fused-ring (bicyclic) bond motifs is 1. The number of benzene rings is 2. The van der Waals surface area contributed by atoms with E-state index in [0.29, 0.717) is 12.6 Å². The Kier molecular flexibility index (Phi) is 5.23. The first-order chi connectivity index (χ1) is 14.1. The molecule has 3 aromatic rings. The second-order valence-corrected chi connectivity index (χ2v) is 8.17. The smallest absolute Gasteiger partial charge is 0.399 e. The summed E-state index contributed by atoms with van der Waals surface area (Å²) in [6.07, 6.45) is -0.920. The number of nitrogens with two attached hydrogens (primary N) is 1. The Morgan fingerprint density at radius 1 is 1.10 bits per heavy atom. The maximum atomic E-state index is 13.0. The predicted molar refractivity (Wildman–Crippen MR) is 110 cm³/mol. The fourth-order valence-corrected chi connectivity index (χ4v) is 4.05. The molecule has 1 saturated heterocycles. The van der Waals surface area contributed by atoms with Gasteiger partial charge in [-0.1, -0.05) is 24.3 Å². The van der Waals surface area contributed by atoms with Gasteiger partial charge in [0.15, 0.2) is 5.60 Å². The van der Waals surface area contributed by atoms with Gasteiger partial charge in [0.1, 0.15) is 0 Å². The van der Waals surface area contributed by atoms with Crippen molar-refractivity contribution in [3.8, 4) is 0 Å². The third-order valence-electron chi connectivity index (χ3n) is 6.02. The number of anilines is 1. The maximum absolute atomic E-state index is 13.0. The summed E-state index contributed by atoms with van der Waals surface area (Å²) in [5.41, 5.74) is 6.55. The molecule has 0 radical (unpaired) electrons. The molecule has 1 unspecified atom stereocenters. The van der Waals surface area contributed by atoms with Gasteiger partial charge >= 0.3 is 6.18 Å². The summed E-state index contributed by atoms with van der Waals surface area (Å²) in [4.78, 5) is 6.75. The summed E-state index contributed by atoms with van der Waals surface area (Å²) >= 11 is 0. The van der Waals surface area contributed by atoms with Crippen molar-refractivity contribution in [2.24, 2.45) is 0 Å². The first-order valence-electron chi connectivity index (χ1n) is 9.98. The Labute approximate surface area is 172 Å². The van der Waals surface area contributed by atoms with Crippen molar-refractivity contribution < 1.29 is 18.3 Å². The summed E-state index contributed by atoms with van der Waals surface area (Å²) in [6.45, 7) is 3.21. The molecular formula is C22H25F3N4O. The van der Waals surface area contributed by atoms with Crippen LogP contribution in [0.3, 0.4) is 0 Å². The quantitative estimate of drug-likeness (QED) is 0.623. The van der Waals surface area contributed by atoms with Gasteiger partial charge in [-0.05, 0) is 49.1 Å². The molecule has 3 N–H and O–H groups in total. The molecule has 1 aliphatic rings. The number of hydrogen-bond donors (Lipinski definition) is 2. The number of nitrogens with zero attached hydrogens (tertiary/aromatic N) is 3. The lowest BCUT2D eigenvalue weighted by atomic mass is 9.94. The van der Waals surface area contributed by atoms with E-state index in [9.17, 15) is 18.3 Å². The van der Waals surface area contributed by atoms with Crippen LogP contribution in [-0.4, -0.2) is 38.8 Å². The Morgan fingerprint density at radius 3 is 2.40 bits per heavy atom. The highest BCUT2D eigenvalue weighted by Crippen LogP contribution is 2.38. The molecule has 1 atom stereocenters. The molecule has 0 bridgehead atoms. The molecule has 0 amide bonds. The van der Waals surface area contributed by atoms with E-state index in [2.05, 4.69) is 14.5 Å². The Balaban J connectivity index is 1.38. The highest BCUT2D eigenvalue weighted by Gasteiger charge is 2.51. The SMILES string of the molecule is CC(O)(c1ccc(CN2CCC(n3cnc4ccc(N)cc43)CC2)cc1)C(F)(F)F. The van der Waals surface area contributed by atoms with Crippen molar-refractivity contribution in [1.82, 2.24) is 14.5 Å². The fourth-order valence-electron chi connectivity index (χ4n) is 4.05. The molecule has 8 heteroatoms. The number of halogens is 3. The van der Waals surface area contributed by atoms with E-state index in [-0.39, 0.29) is 5.56 Å². The van der Waals surface area contributed by atoms with Crippen LogP contribution in [0, 0.1) is 0 Å². The number of aromatic nitrogens is 2. The Hall–Kier alpha value is -2.58. The highest BCUT2D eigenvalue weighted by molar-refractivity contribution is 5.79. The van der Waals surface area contributed by atoms with Gasteiger partial charge in [-0.3, -0.25) is 4.90 Å². The van der Waals surface area contributed by atoms with Gasteiger partial charge in [0.2, 0.25) is 0 Å². The molecule has 160 valence electrons. The van der Waals surface area contributed by atoms with Crippen LogP contribution in [-0.2, 0) is 12.1 Å². The minimum atomic E-state index is -4.71. The molecule has 5 nitrogen and oxygen atoms in total. The number of hydrogen-bond acceptors (Lipinski definition) is 4. The molecular weight excluding hydrogens is 393 g/mol. The molecule has 4 rings (SSSR count). The van der Waals surface area contributed by atoms with Gasteiger partial charge in [0, 0.05) is 31.4 Å². The first kappa shape index (κ1) is 20.7. The summed E-state index contributed by atoms with van der Waals surface area (Å²) in [5.74, 6) is 0. The number of rotatable bonds is 4. The standard InChI is InChI=1S/C22H25F3N4O/c1-21(30,22(23,24)25)16-4-2-15(3-5-16)13-28-10-8-18(9-11-28)29-14-27-19-7-6-17(26)12-20(19)29/h2-7,12,14,18,30H,8-11,13,26H2,1H3. The topological polar surface area (TPSA) is 67.3 Å². The van der Waals surface area contributed by atoms with Crippen molar-refractivity contribution in [2.45, 2.75) is 44.1 Å². The lowest BCUT2D eigenvalue weighted by Crippen LogP contribution is -2.39. The van der Waals surface area contributed by atoms with Gasteiger partial charge in [-0.15, -0.1) is 0 Å². The second kappa shape index (κ2) is 7.59. The van der Waals surface area contributed by atoms with Crippen molar-refractivity contribution >= 4 is 16.7 Å². The number of alkyl halides is 3. The van der Waals surface area contributed by atoms with Crippen LogP contribution in [0.15, 0.2) is 48.8 Å². The number of nitrogen functional groups attached to an aromatic ring is 1. The molecule has 2 heterocycles. The van der Waals surface area contributed by atoms with Crippen LogP contribution in [0.1, 0.15) is 36.9 Å². The van der Waals surface area contributed by atoms with Gasteiger partial charge in [-0.25, -0.2) is 4.98 Å². The zero-order chi connectivity index (χ0) is 21.5. The minimum Gasteiger partial charge on any atom is -0.399 e. The molecule has 1 fully saturated rings. The van der Waals surface area contributed by atoms with Gasteiger partial charge in [0.25, 0.3) is 0 Å². The van der Waals surface area contributed by atoms with E-state index < -0.39 is 11.8 Å². The Morgan fingerprint density at radius 2 is 1.77 bits per heavy atom. The lowest BCUT2D eigenvalue weighted by molar-refractivity contribution is -0.258. The van der Waals surface area contributed by atoms with Crippen LogP contribution >= 0.6 is 0 Å². The van der Waals surface area contributed by atoms with Crippen LogP contribution in [0.4, 0.5) is 18.9 Å². The molecule has 0 saturated carbocycles. The first-order valence-corrected chi connectivity index (χ1v) is 9.98. The normalized spacial score (nSPS) is 18.6. The van der Waals surface area contributed by atoms with E-state index in [1.807, 2.05) is 24.5 Å². The van der Waals surface area contributed by atoms with E-state index in [4.69, 9.17) is 5.73 Å². The van der Waals surface area contributed by atoms with Crippen LogP contribution < -0.4 is 5.73 Å². The summed E-state index contributed by atoms with van der Waals surface area (Å²) in [7, 11) is 0. The van der Waals surface area contributed by atoms with Gasteiger partial charge in [0.05, 0.1) is 17.4 Å². The average Bonchev–Trinajstić information content (AvgIpc) is 3.11. The summed E-state index contributed by atoms with van der Waals surface area (Å²) < 4.78 is 41.2. The van der Waals surface area contributed by atoms with E-state index in [1.54, 1.807) is 12.1 Å². The lowest BCUT2D eigenvalue weighted by Gasteiger charge is -2.33. The highest BCUT2D eigenvalue weighted by atomic mass is 19.4. The molecule has 1 aliphatic heterocycles. The summed E-state index contributed by atoms with van der Waals surface area (Å²) in [6, 6.07) is 12.1.